The topological polar surface area (TPSA) is 60.4 Å². The van der Waals surface area contributed by atoms with Crippen molar-refractivity contribution in [3.8, 4) is 0 Å². The van der Waals surface area contributed by atoms with Gasteiger partial charge in [0.2, 0.25) is 17.7 Å². The Bertz CT molecular complexity index is 596. The molecule has 0 aliphatic rings. The molecule has 0 unspecified atom stereocenters. The van der Waals surface area contributed by atoms with Crippen LogP contribution in [-0.4, -0.2) is 23.6 Å². The molecule has 0 aliphatic heterocycles. The Hall–Kier alpha value is -2.75. The summed E-state index contributed by atoms with van der Waals surface area (Å²) in [7, 11) is 0. The van der Waals surface area contributed by atoms with Gasteiger partial charge in [-0.3, -0.25) is 14.4 Å². The average molecular weight is 282 g/mol. The molecule has 0 spiro atoms. The molecule has 0 amide bonds. The smallest absolute Gasteiger partial charge is 0.303 e. The summed E-state index contributed by atoms with van der Waals surface area (Å²) in [6, 6.07) is 16.6. The fourth-order valence-electron chi connectivity index (χ4n) is 1.90. The number of Topliss-reactive ketones (excluding diaryl/α,β-unsaturated/α-hetero) is 2. The zero-order valence-electron chi connectivity index (χ0n) is 11.5. The van der Waals surface area contributed by atoms with Crippen LogP contribution in [0.3, 0.4) is 0 Å². The number of ketones is 2. The maximum Gasteiger partial charge on any atom is 0.303 e. The number of benzene rings is 2. The molecular formula is C17H14O4. The molecule has 0 radical (unpaired) electrons. The van der Waals surface area contributed by atoms with E-state index in [0.717, 1.165) is 0 Å². The second-order valence-corrected chi connectivity index (χ2v) is 4.45. The SMILES string of the molecule is CC(=O)OC(C(=O)c1ccccc1)C(=O)c1ccccc1. The van der Waals surface area contributed by atoms with Crippen molar-refractivity contribution in [2.45, 2.75) is 13.0 Å². The summed E-state index contributed by atoms with van der Waals surface area (Å²) in [6.07, 6.45) is -1.45. The first kappa shape index (κ1) is 14.7. The van der Waals surface area contributed by atoms with Crippen LogP contribution in [0.4, 0.5) is 0 Å². The first-order valence-electron chi connectivity index (χ1n) is 6.45. The fraction of sp³-hybridized carbons (Fsp3) is 0.118. The van der Waals surface area contributed by atoms with E-state index in [4.69, 9.17) is 4.74 Å². The zero-order valence-corrected chi connectivity index (χ0v) is 11.5. The van der Waals surface area contributed by atoms with E-state index < -0.39 is 23.6 Å². The van der Waals surface area contributed by atoms with Crippen LogP contribution < -0.4 is 0 Å². The summed E-state index contributed by atoms with van der Waals surface area (Å²) in [4.78, 5) is 36.0. The molecule has 0 saturated heterocycles. The zero-order chi connectivity index (χ0) is 15.2. The van der Waals surface area contributed by atoms with E-state index in [9.17, 15) is 14.4 Å². The second-order valence-electron chi connectivity index (χ2n) is 4.45. The second kappa shape index (κ2) is 6.61. The van der Waals surface area contributed by atoms with E-state index in [1.165, 1.54) is 6.92 Å². The number of hydrogen-bond acceptors (Lipinski definition) is 4. The molecule has 2 aromatic rings. The molecule has 0 heterocycles. The molecular weight excluding hydrogens is 268 g/mol. The van der Waals surface area contributed by atoms with Crippen molar-refractivity contribution in [3.05, 3.63) is 71.8 Å². The van der Waals surface area contributed by atoms with E-state index in [2.05, 4.69) is 0 Å². The lowest BCUT2D eigenvalue weighted by Crippen LogP contribution is -2.34. The third kappa shape index (κ3) is 3.63. The lowest BCUT2D eigenvalue weighted by atomic mass is 9.98. The molecule has 21 heavy (non-hydrogen) atoms. The lowest BCUT2D eigenvalue weighted by molar-refractivity contribution is -0.142. The molecule has 4 nitrogen and oxygen atoms in total. The van der Waals surface area contributed by atoms with Crippen molar-refractivity contribution in [3.63, 3.8) is 0 Å². The molecule has 0 N–H and O–H groups in total. The number of carbonyl (C=O) groups is 3. The normalized spacial score (nSPS) is 10.2. The quantitative estimate of drug-likeness (QED) is 0.480. The molecule has 0 bridgehead atoms. The van der Waals surface area contributed by atoms with Gasteiger partial charge < -0.3 is 4.74 Å². The molecule has 0 aliphatic carbocycles. The summed E-state index contributed by atoms with van der Waals surface area (Å²) >= 11 is 0. The van der Waals surface area contributed by atoms with E-state index in [1.54, 1.807) is 60.7 Å². The van der Waals surface area contributed by atoms with Crippen LogP contribution in [0.15, 0.2) is 60.7 Å². The van der Waals surface area contributed by atoms with Gasteiger partial charge in [-0.1, -0.05) is 60.7 Å². The molecule has 2 rings (SSSR count). The Morgan fingerprint density at radius 3 is 1.48 bits per heavy atom. The van der Waals surface area contributed by atoms with Crippen molar-refractivity contribution in [2.24, 2.45) is 0 Å². The van der Waals surface area contributed by atoms with Gasteiger partial charge in [-0.15, -0.1) is 0 Å². The van der Waals surface area contributed by atoms with E-state index >= 15 is 0 Å². The number of hydrogen-bond donors (Lipinski definition) is 0. The van der Waals surface area contributed by atoms with Crippen molar-refractivity contribution < 1.29 is 19.1 Å². The largest absolute Gasteiger partial charge is 0.446 e. The number of ether oxygens (including phenoxy) is 1. The Labute approximate surface area is 122 Å². The predicted octanol–water partition coefficient (Wildman–Crippen LogP) is 2.68. The van der Waals surface area contributed by atoms with Gasteiger partial charge in [0.25, 0.3) is 0 Å². The average Bonchev–Trinajstić information content (AvgIpc) is 2.53. The van der Waals surface area contributed by atoms with Crippen LogP contribution in [0.5, 0.6) is 0 Å². The van der Waals surface area contributed by atoms with Gasteiger partial charge in [0, 0.05) is 18.1 Å². The number of rotatable bonds is 5. The standard InChI is InChI=1S/C17H14O4/c1-12(18)21-17(15(19)13-8-4-2-5-9-13)16(20)14-10-6-3-7-11-14/h2-11,17H,1H3. The van der Waals surface area contributed by atoms with Crippen LogP contribution in [0.25, 0.3) is 0 Å². The molecule has 4 heteroatoms. The Kier molecular flexibility index (Phi) is 4.61. The molecule has 0 aromatic heterocycles. The maximum absolute atomic E-state index is 12.4. The minimum atomic E-state index is -1.45. The van der Waals surface area contributed by atoms with Crippen molar-refractivity contribution >= 4 is 17.5 Å². The first-order chi connectivity index (χ1) is 10.1. The van der Waals surface area contributed by atoms with E-state index in [0.29, 0.717) is 11.1 Å². The number of carbonyl (C=O) groups excluding carboxylic acids is 3. The Balaban J connectivity index is 2.33. The summed E-state index contributed by atoms with van der Waals surface area (Å²) in [5, 5.41) is 0. The molecule has 0 fully saturated rings. The van der Waals surface area contributed by atoms with Gasteiger partial charge in [-0.2, -0.15) is 0 Å². The van der Waals surface area contributed by atoms with Gasteiger partial charge in [0.1, 0.15) is 0 Å². The molecule has 2 aromatic carbocycles. The summed E-state index contributed by atoms with van der Waals surface area (Å²) in [5.41, 5.74) is 0.654. The molecule has 106 valence electrons. The maximum atomic E-state index is 12.4. The lowest BCUT2D eigenvalue weighted by Gasteiger charge is -2.15. The highest BCUT2D eigenvalue weighted by Crippen LogP contribution is 2.13. The third-order valence-corrected chi connectivity index (χ3v) is 2.88. The molecule has 0 atom stereocenters. The van der Waals surface area contributed by atoms with Gasteiger partial charge in [-0.25, -0.2) is 0 Å². The van der Waals surface area contributed by atoms with Gasteiger partial charge in [-0.05, 0) is 0 Å². The van der Waals surface area contributed by atoms with Crippen LogP contribution in [-0.2, 0) is 9.53 Å². The Morgan fingerprint density at radius 2 is 1.14 bits per heavy atom. The van der Waals surface area contributed by atoms with E-state index in [1.807, 2.05) is 0 Å². The van der Waals surface area contributed by atoms with Crippen LogP contribution in [0.1, 0.15) is 27.6 Å². The number of esters is 1. The summed E-state index contributed by atoms with van der Waals surface area (Å²) in [5.74, 6) is -1.73. The van der Waals surface area contributed by atoms with Crippen molar-refractivity contribution in [1.82, 2.24) is 0 Å². The minimum absolute atomic E-state index is 0.327. The predicted molar refractivity (Wildman–Crippen MR) is 77.1 cm³/mol. The summed E-state index contributed by atoms with van der Waals surface area (Å²) in [6.45, 7) is 1.17. The van der Waals surface area contributed by atoms with Crippen LogP contribution in [0.2, 0.25) is 0 Å². The third-order valence-electron chi connectivity index (χ3n) is 2.88. The minimum Gasteiger partial charge on any atom is -0.446 e. The first-order valence-corrected chi connectivity index (χ1v) is 6.45. The molecule has 0 saturated carbocycles. The fourth-order valence-corrected chi connectivity index (χ4v) is 1.90. The van der Waals surface area contributed by atoms with Crippen LogP contribution >= 0.6 is 0 Å². The van der Waals surface area contributed by atoms with Crippen LogP contribution in [0, 0.1) is 0 Å². The van der Waals surface area contributed by atoms with Gasteiger partial charge in [0.15, 0.2) is 0 Å². The van der Waals surface area contributed by atoms with Gasteiger partial charge in [0.05, 0.1) is 0 Å². The van der Waals surface area contributed by atoms with E-state index in [-0.39, 0.29) is 0 Å². The summed E-state index contributed by atoms with van der Waals surface area (Å²) < 4.78 is 4.94. The Morgan fingerprint density at radius 1 is 0.762 bits per heavy atom. The highest BCUT2D eigenvalue weighted by molar-refractivity contribution is 6.19. The van der Waals surface area contributed by atoms with Gasteiger partial charge >= 0.3 is 5.97 Å². The van der Waals surface area contributed by atoms with Crippen molar-refractivity contribution in [2.75, 3.05) is 0 Å². The van der Waals surface area contributed by atoms with Crippen molar-refractivity contribution in [1.29, 1.82) is 0 Å². The highest BCUT2D eigenvalue weighted by Gasteiger charge is 2.31. The monoisotopic (exact) mass is 282 g/mol. The highest BCUT2D eigenvalue weighted by atomic mass is 16.5.